The van der Waals surface area contributed by atoms with Crippen LogP contribution in [0.5, 0.6) is 0 Å². The van der Waals surface area contributed by atoms with Crippen LogP contribution in [0.3, 0.4) is 0 Å². The van der Waals surface area contributed by atoms with Gasteiger partial charge in [-0.15, -0.1) is 24.8 Å². The van der Waals surface area contributed by atoms with E-state index in [2.05, 4.69) is 45.0 Å². The molecule has 1 atom stereocenters. The van der Waals surface area contributed by atoms with Crippen molar-refractivity contribution in [2.45, 2.75) is 33.2 Å². The number of benzene rings is 2. The molecule has 2 N–H and O–H groups in total. The first-order valence-electron chi connectivity index (χ1n) is 9.87. The van der Waals surface area contributed by atoms with E-state index in [9.17, 15) is 4.79 Å². The Morgan fingerprint density at radius 3 is 2.43 bits per heavy atom. The molecule has 3 aromatic rings. The summed E-state index contributed by atoms with van der Waals surface area (Å²) in [5.74, 6) is 0.0620. The van der Waals surface area contributed by atoms with E-state index in [0.717, 1.165) is 28.6 Å². The van der Waals surface area contributed by atoms with Gasteiger partial charge in [0.25, 0.3) is 5.91 Å². The molecule has 1 fully saturated rings. The highest BCUT2D eigenvalue weighted by Gasteiger charge is 2.36. The smallest absolute Gasteiger partial charge is 0.254 e. The molecule has 1 aliphatic rings. The Hall–Kier alpha value is -2.14. The number of piperidine rings is 1. The van der Waals surface area contributed by atoms with Gasteiger partial charge in [0, 0.05) is 30.1 Å². The Balaban J connectivity index is 0.00000160. The fraction of sp³-hybridized carbons (Fsp3) is 0.333. The number of hydrogen-bond acceptors (Lipinski definition) is 3. The predicted molar refractivity (Wildman–Crippen MR) is 129 cm³/mol. The third-order valence-corrected chi connectivity index (χ3v) is 5.89. The van der Waals surface area contributed by atoms with Crippen molar-refractivity contribution in [1.82, 2.24) is 9.88 Å². The van der Waals surface area contributed by atoms with Gasteiger partial charge in [0.05, 0.1) is 16.8 Å². The van der Waals surface area contributed by atoms with Gasteiger partial charge in [-0.25, -0.2) is 4.98 Å². The summed E-state index contributed by atoms with van der Waals surface area (Å²) in [6, 6.07) is 18.2. The van der Waals surface area contributed by atoms with Crippen LogP contribution in [0.4, 0.5) is 0 Å². The number of nitrogens with zero attached hydrogens (tertiary/aromatic N) is 2. The molecule has 0 saturated carbocycles. The minimum atomic E-state index is -0.0868. The van der Waals surface area contributed by atoms with Gasteiger partial charge in [-0.05, 0) is 30.9 Å². The van der Waals surface area contributed by atoms with Crippen molar-refractivity contribution in [2.24, 2.45) is 11.1 Å². The number of halogens is 2. The lowest BCUT2D eigenvalue weighted by molar-refractivity contribution is 0.0535. The number of aromatic nitrogens is 1. The fourth-order valence-corrected chi connectivity index (χ4v) is 3.94. The highest BCUT2D eigenvalue weighted by Crippen LogP contribution is 2.31. The van der Waals surface area contributed by atoms with E-state index in [1.54, 1.807) is 0 Å². The molecule has 0 spiro atoms. The van der Waals surface area contributed by atoms with Crippen LogP contribution in [0.2, 0.25) is 0 Å². The van der Waals surface area contributed by atoms with Gasteiger partial charge in [-0.1, -0.05) is 61.9 Å². The fourth-order valence-electron chi connectivity index (χ4n) is 3.94. The molecule has 2 aromatic carbocycles. The minimum absolute atomic E-state index is 0. The van der Waals surface area contributed by atoms with Gasteiger partial charge in [-0.2, -0.15) is 0 Å². The molecular formula is C24H29Cl2N3O. The average Bonchev–Trinajstić information content (AvgIpc) is 2.69. The number of pyridine rings is 1. The average molecular weight is 446 g/mol. The number of nitrogens with two attached hydrogens (primary N) is 1. The van der Waals surface area contributed by atoms with Crippen LogP contribution < -0.4 is 5.73 Å². The van der Waals surface area contributed by atoms with Crippen LogP contribution in [0, 0.1) is 12.3 Å². The number of amides is 1. The molecule has 0 radical (unpaired) electrons. The Morgan fingerprint density at radius 2 is 1.77 bits per heavy atom. The molecule has 4 rings (SSSR count). The second-order valence-electron chi connectivity index (χ2n) is 8.55. The molecule has 0 aliphatic carbocycles. The maximum absolute atomic E-state index is 13.5. The summed E-state index contributed by atoms with van der Waals surface area (Å²) in [5, 5.41) is 0.899. The summed E-state index contributed by atoms with van der Waals surface area (Å²) >= 11 is 0. The summed E-state index contributed by atoms with van der Waals surface area (Å²) < 4.78 is 0. The van der Waals surface area contributed by atoms with Crippen molar-refractivity contribution >= 4 is 41.6 Å². The number of fused-ring (bicyclic) bond motifs is 1. The van der Waals surface area contributed by atoms with Gasteiger partial charge in [0.15, 0.2) is 0 Å². The molecule has 0 bridgehead atoms. The second-order valence-corrected chi connectivity index (χ2v) is 8.55. The minimum Gasteiger partial charge on any atom is -0.338 e. The topological polar surface area (TPSA) is 59.2 Å². The molecule has 160 valence electrons. The van der Waals surface area contributed by atoms with Crippen LogP contribution in [0.1, 0.15) is 36.2 Å². The largest absolute Gasteiger partial charge is 0.338 e. The van der Waals surface area contributed by atoms with Gasteiger partial charge in [0.2, 0.25) is 0 Å². The first-order chi connectivity index (χ1) is 13.3. The molecule has 2 heterocycles. The maximum atomic E-state index is 13.5. The summed E-state index contributed by atoms with van der Waals surface area (Å²) in [6.07, 6.45) is 0.826. The monoisotopic (exact) mass is 445 g/mol. The molecule has 6 heteroatoms. The number of carbonyl (C=O) groups excluding carboxylic acids is 1. The maximum Gasteiger partial charge on any atom is 0.254 e. The molecule has 30 heavy (non-hydrogen) atoms. The highest BCUT2D eigenvalue weighted by molar-refractivity contribution is 6.07. The van der Waals surface area contributed by atoms with Gasteiger partial charge in [0.1, 0.15) is 0 Å². The van der Waals surface area contributed by atoms with Crippen molar-refractivity contribution < 1.29 is 4.79 Å². The lowest BCUT2D eigenvalue weighted by Gasteiger charge is -2.42. The van der Waals surface area contributed by atoms with E-state index >= 15 is 0 Å². The second kappa shape index (κ2) is 9.34. The Kier molecular flexibility index (Phi) is 7.51. The Morgan fingerprint density at radius 1 is 1.10 bits per heavy atom. The standard InChI is InChI=1S/C24H27N3O.2ClH/c1-16-8-10-17(11-9-16)21-14-19(18-6-4-5-7-20(18)26-21)23(28)27-13-12-22(25)24(2,3)15-27;;/h4-11,14,22H,12-13,15,25H2,1-3H3;2*1H. The molecule has 1 unspecified atom stereocenters. The summed E-state index contributed by atoms with van der Waals surface area (Å²) in [4.78, 5) is 20.3. The number of rotatable bonds is 2. The number of aryl methyl sites for hydroxylation is 1. The van der Waals surface area contributed by atoms with E-state index < -0.39 is 0 Å². The zero-order chi connectivity index (χ0) is 19.9. The summed E-state index contributed by atoms with van der Waals surface area (Å²) in [6.45, 7) is 7.71. The highest BCUT2D eigenvalue weighted by atomic mass is 35.5. The first-order valence-corrected chi connectivity index (χ1v) is 9.87. The zero-order valence-corrected chi connectivity index (χ0v) is 19.2. The van der Waals surface area contributed by atoms with E-state index in [1.807, 2.05) is 35.2 Å². The van der Waals surface area contributed by atoms with Crippen LogP contribution in [-0.2, 0) is 0 Å². The third-order valence-electron chi connectivity index (χ3n) is 5.89. The quantitative estimate of drug-likeness (QED) is 0.585. The van der Waals surface area contributed by atoms with E-state index in [4.69, 9.17) is 10.7 Å². The van der Waals surface area contributed by atoms with Crippen LogP contribution in [0.25, 0.3) is 22.2 Å². The van der Waals surface area contributed by atoms with Gasteiger partial charge < -0.3 is 10.6 Å². The van der Waals surface area contributed by atoms with Gasteiger partial charge >= 0.3 is 0 Å². The van der Waals surface area contributed by atoms with Crippen LogP contribution in [0.15, 0.2) is 54.6 Å². The van der Waals surface area contributed by atoms with Crippen molar-refractivity contribution in [1.29, 1.82) is 0 Å². The molecule has 1 saturated heterocycles. The molecule has 1 amide bonds. The predicted octanol–water partition coefficient (Wildman–Crippen LogP) is 5.25. The Labute approximate surface area is 190 Å². The number of carbonyl (C=O) groups is 1. The lowest BCUT2D eigenvalue weighted by atomic mass is 9.79. The van der Waals surface area contributed by atoms with E-state index in [1.165, 1.54) is 5.56 Å². The summed E-state index contributed by atoms with van der Waals surface area (Å²) in [5.41, 5.74) is 10.8. The van der Waals surface area contributed by atoms with Crippen LogP contribution in [-0.4, -0.2) is 34.9 Å². The SMILES string of the molecule is Cc1ccc(-c2cc(C(=O)N3CCC(N)C(C)(C)C3)c3ccccc3n2)cc1.Cl.Cl. The van der Waals surface area contributed by atoms with Crippen molar-refractivity contribution in [3.8, 4) is 11.3 Å². The number of hydrogen-bond donors (Lipinski definition) is 1. The molecular weight excluding hydrogens is 417 g/mol. The Bertz CT molecular complexity index is 1030. The number of para-hydroxylation sites is 1. The number of likely N-dealkylation sites (tertiary alicyclic amines) is 1. The molecule has 4 nitrogen and oxygen atoms in total. The van der Waals surface area contributed by atoms with Crippen molar-refractivity contribution in [3.05, 3.63) is 65.7 Å². The first kappa shape index (κ1) is 24.1. The van der Waals surface area contributed by atoms with E-state index in [-0.39, 0.29) is 42.2 Å². The zero-order valence-electron chi connectivity index (χ0n) is 17.6. The van der Waals surface area contributed by atoms with Gasteiger partial charge in [-0.3, -0.25) is 4.79 Å². The molecule has 1 aromatic heterocycles. The molecule has 1 aliphatic heterocycles. The normalized spacial score (nSPS) is 17.7. The van der Waals surface area contributed by atoms with Crippen molar-refractivity contribution in [3.63, 3.8) is 0 Å². The van der Waals surface area contributed by atoms with Crippen molar-refractivity contribution in [2.75, 3.05) is 13.1 Å². The lowest BCUT2D eigenvalue weighted by Crippen LogP contribution is -2.54. The third kappa shape index (κ3) is 4.61. The summed E-state index contributed by atoms with van der Waals surface area (Å²) in [7, 11) is 0. The van der Waals surface area contributed by atoms with E-state index in [0.29, 0.717) is 18.7 Å². The van der Waals surface area contributed by atoms with Crippen LogP contribution >= 0.6 is 24.8 Å².